The molecule has 3 atom stereocenters. The van der Waals surface area contributed by atoms with Gasteiger partial charge in [-0.05, 0) is 42.7 Å². The number of aromatic amines is 1. The van der Waals surface area contributed by atoms with E-state index in [1.165, 1.54) is 0 Å². The molecule has 0 radical (unpaired) electrons. The Morgan fingerprint density at radius 1 is 0.968 bits per heavy atom. The first kappa shape index (κ1) is 24.4. The van der Waals surface area contributed by atoms with Gasteiger partial charge in [0.1, 0.15) is 12.1 Å². The summed E-state index contributed by atoms with van der Waals surface area (Å²) in [5.41, 5.74) is 8.03. The van der Waals surface area contributed by atoms with E-state index in [1.54, 1.807) is 0 Å². The van der Waals surface area contributed by atoms with E-state index in [9.17, 15) is 19.5 Å². The number of carboxylic acid groups (broad SMARTS) is 1. The van der Waals surface area contributed by atoms with Gasteiger partial charge in [-0.3, -0.25) is 9.59 Å². The van der Waals surface area contributed by atoms with Gasteiger partial charge in [0, 0.05) is 17.1 Å². The molecule has 0 unspecified atom stereocenters. The van der Waals surface area contributed by atoms with E-state index in [0.717, 1.165) is 16.5 Å². The number of benzene rings is 1. The zero-order valence-corrected chi connectivity index (χ0v) is 18.6. The van der Waals surface area contributed by atoms with Gasteiger partial charge >= 0.3 is 5.97 Å². The quantitative estimate of drug-likeness (QED) is 0.372. The zero-order chi connectivity index (χ0) is 23.1. The molecule has 0 saturated carbocycles. The Balaban J connectivity index is 2.06. The SMILES string of the molecule is CC(C)C[C@H](NC(=O)[C@H](CC(C)C)NC(=O)[C@@H](N)Cc1c[nH]c2ccccc12)C(=O)O. The molecule has 2 rings (SSSR count). The molecule has 6 N–H and O–H groups in total. The number of carboxylic acids is 1. The Hall–Kier alpha value is -2.87. The van der Waals surface area contributed by atoms with E-state index in [4.69, 9.17) is 5.73 Å². The maximum Gasteiger partial charge on any atom is 0.326 e. The molecular weight excluding hydrogens is 396 g/mol. The number of carbonyl (C=O) groups excluding carboxylic acids is 2. The first-order chi connectivity index (χ1) is 14.6. The van der Waals surface area contributed by atoms with Gasteiger partial charge in [-0.2, -0.15) is 0 Å². The van der Waals surface area contributed by atoms with Crippen LogP contribution in [0.4, 0.5) is 0 Å². The summed E-state index contributed by atoms with van der Waals surface area (Å²) in [4.78, 5) is 40.2. The molecular formula is C23H34N4O4. The number of rotatable bonds is 11. The van der Waals surface area contributed by atoms with E-state index < -0.39 is 35.9 Å². The number of hydrogen-bond acceptors (Lipinski definition) is 4. The first-order valence-corrected chi connectivity index (χ1v) is 10.7. The molecule has 0 bridgehead atoms. The lowest BCUT2D eigenvalue weighted by molar-refractivity contribution is -0.142. The smallest absolute Gasteiger partial charge is 0.326 e. The van der Waals surface area contributed by atoms with Gasteiger partial charge in [-0.25, -0.2) is 4.79 Å². The third-order valence-corrected chi connectivity index (χ3v) is 5.11. The Bertz CT molecular complexity index is 906. The van der Waals surface area contributed by atoms with Crippen LogP contribution in [0.25, 0.3) is 10.9 Å². The molecule has 0 spiro atoms. The fourth-order valence-corrected chi connectivity index (χ4v) is 3.58. The number of para-hydroxylation sites is 1. The second-order valence-corrected chi connectivity index (χ2v) is 8.89. The summed E-state index contributed by atoms with van der Waals surface area (Å²) in [6.07, 6.45) is 2.84. The highest BCUT2D eigenvalue weighted by Gasteiger charge is 2.29. The molecule has 2 amide bonds. The third-order valence-electron chi connectivity index (χ3n) is 5.11. The van der Waals surface area contributed by atoms with Crippen LogP contribution in [0.1, 0.15) is 46.1 Å². The summed E-state index contributed by atoms with van der Waals surface area (Å²) in [5.74, 6) is -1.82. The van der Waals surface area contributed by atoms with Crippen molar-refractivity contribution < 1.29 is 19.5 Å². The van der Waals surface area contributed by atoms with Crippen LogP contribution in [-0.4, -0.2) is 46.0 Å². The molecule has 0 aliphatic rings. The van der Waals surface area contributed by atoms with Gasteiger partial charge in [0.2, 0.25) is 11.8 Å². The van der Waals surface area contributed by atoms with Gasteiger partial charge in [-0.15, -0.1) is 0 Å². The van der Waals surface area contributed by atoms with Crippen LogP contribution in [0.15, 0.2) is 30.5 Å². The summed E-state index contributed by atoms with van der Waals surface area (Å²) >= 11 is 0. The molecule has 0 aliphatic carbocycles. The Labute approximate surface area is 183 Å². The molecule has 170 valence electrons. The van der Waals surface area contributed by atoms with Crippen LogP contribution < -0.4 is 16.4 Å². The number of nitrogens with two attached hydrogens (primary N) is 1. The molecule has 1 aromatic heterocycles. The number of nitrogens with one attached hydrogen (secondary N) is 3. The van der Waals surface area contributed by atoms with E-state index in [1.807, 2.05) is 58.2 Å². The lowest BCUT2D eigenvalue weighted by Gasteiger charge is -2.24. The van der Waals surface area contributed by atoms with Crippen LogP contribution in [0.2, 0.25) is 0 Å². The molecule has 1 aromatic carbocycles. The summed E-state index contributed by atoms with van der Waals surface area (Å²) in [5, 5.41) is 15.7. The van der Waals surface area contributed by atoms with Gasteiger partial charge in [0.05, 0.1) is 6.04 Å². The van der Waals surface area contributed by atoms with E-state index in [0.29, 0.717) is 19.3 Å². The number of aliphatic carboxylic acids is 1. The number of hydrogen-bond donors (Lipinski definition) is 5. The average Bonchev–Trinajstić information content (AvgIpc) is 3.09. The largest absolute Gasteiger partial charge is 0.480 e. The third kappa shape index (κ3) is 7.10. The summed E-state index contributed by atoms with van der Waals surface area (Å²) in [7, 11) is 0. The van der Waals surface area contributed by atoms with Crippen molar-refractivity contribution in [2.75, 3.05) is 0 Å². The molecule has 8 heteroatoms. The topological polar surface area (TPSA) is 137 Å². The van der Waals surface area contributed by atoms with Crippen molar-refractivity contribution in [3.05, 3.63) is 36.0 Å². The van der Waals surface area contributed by atoms with Gasteiger partial charge < -0.3 is 26.5 Å². The number of amides is 2. The Kier molecular flexibility index (Phi) is 8.62. The molecule has 0 aliphatic heterocycles. The molecule has 0 saturated heterocycles. The highest BCUT2D eigenvalue weighted by Crippen LogP contribution is 2.19. The fourth-order valence-electron chi connectivity index (χ4n) is 3.58. The highest BCUT2D eigenvalue weighted by atomic mass is 16.4. The first-order valence-electron chi connectivity index (χ1n) is 10.7. The average molecular weight is 431 g/mol. The minimum Gasteiger partial charge on any atom is -0.480 e. The molecule has 1 heterocycles. The predicted octanol–water partition coefficient (Wildman–Crippen LogP) is 2.18. The number of aromatic nitrogens is 1. The van der Waals surface area contributed by atoms with Crippen molar-refractivity contribution in [3.8, 4) is 0 Å². The summed E-state index contributed by atoms with van der Waals surface area (Å²) in [6, 6.07) is 5.06. The number of H-pyrrole nitrogens is 1. The molecule has 31 heavy (non-hydrogen) atoms. The zero-order valence-electron chi connectivity index (χ0n) is 18.6. The van der Waals surface area contributed by atoms with Crippen molar-refractivity contribution in [1.82, 2.24) is 15.6 Å². The lowest BCUT2D eigenvalue weighted by Crippen LogP contribution is -2.55. The van der Waals surface area contributed by atoms with Gasteiger partial charge in [0.15, 0.2) is 0 Å². The number of fused-ring (bicyclic) bond motifs is 1. The van der Waals surface area contributed by atoms with Crippen molar-refractivity contribution in [3.63, 3.8) is 0 Å². The van der Waals surface area contributed by atoms with Crippen molar-refractivity contribution in [2.24, 2.45) is 17.6 Å². The standard InChI is InChI=1S/C23H34N4O4/c1-13(2)9-19(22(29)27-20(23(30)31)10-14(3)4)26-21(28)17(24)11-15-12-25-18-8-6-5-7-16(15)18/h5-8,12-14,17,19-20,25H,9-11,24H2,1-4H3,(H,26,28)(H,27,29)(H,30,31)/t17-,19-,20-/m0/s1. The second kappa shape index (κ2) is 10.9. The molecule has 0 fully saturated rings. The van der Waals surface area contributed by atoms with E-state index in [2.05, 4.69) is 15.6 Å². The van der Waals surface area contributed by atoms with Crippen LogP contribution in [0, 0.1) is 11.8 Å². The van der Waals surface area contributed by atoms with Crippen molar-refractivity contribution in [1.29, 1.82) is 0 Å². The van der Waals surface area contributed by atoms with E-state index in [-0.39, 0.29) is 11.8 Å². The molecule has 8 nitrogen and oxygen atoms in total. The van der Waals surface area contributed by atoms with Crippen molar-refractivity contribution >= 4 is 28.7 Å². The monoisotopic (exact) mass is 430 g/mol. The van der Waals surface area contributed by atoms with Crippen LogP contribution in [-0.2, 0) is 20.8 Å². The maximum absolute atomic E-state index is 12.8. The maximum atomic E-state index is 12.8. The van der Waals surface area contributed by atoms with Gasteiger partial charge in [0.25, 0.3) is 0 Å². The number of carbonyl (C=O) groups is 3. The van der Waals surface area contributed by atoms with Crippen LogP contribution in [0.5, 0.6) is 0 Å². The van der Waals surface area contributed by atoms with Crippen LogP contribution in [0.3, 0.4) is 0 Å². The van der Waals surface area contributed by atoms with Crippen molar-refractivity contribution in [2.45, 2.75) is 65.1 Å². The summed E-state index contributed by atoms with van der Waals surface area (Å²) < 4.78 is 0. The Morgan fingerprint density at radius 2 is 1.55 bits per heavy atom. The lowest BCUT2D eigenvalue weighted by atomic mass is 9.99. The normalized spacial score (nSPS) is 14.4. The second-order valence-electron chi connectivity index (χ2n) is 8.89. The van der Waals surface area contributed by atoms with Crippen LogP contribution >= 0.6 is 0 Å². The van der Waals surface area contributed by atoms with E-state index >= 15 is 0 Å². The minimum absolute atomic E-state index is 0.101. The Morgan fingerprint density at radius 3 is 2.16 bits per heavy atom. The molecule has 2 aromatic rings. The van der Waals surface area contributed by atoms with Gasteiger partial charge in [-0.1, -0.05) is 45.9 Å². The highest BCUT2D eigenvalue weighted by molar-refractivity contribution is 5.92. The summed E-state index contributed by atoms with van der Waals surface area (Å²) in [6.45, 7) is 7.64. The fraction of sp³-hybridized carbons (Fsp3) is 0.522. The minimum atomic E-state index is -1.09. The predicted molar refractivity (Wildman–Crippen MR) is 120 cm³/mol.